The molecule has 2 aromatic heterocycles. The van der Waals surface area contributed by atoms with Gasteiger partial charge in [0.15, 0.2) is 0 Å². The highest BCUT2D eigenvalue weighted by molar-refractivity contribution is 5.24. The van der Waals surface area contributed by atoms with Gasteiger partial charge in [0.2, 0.25) is 5.95 Å². The van der Waals surface area contributed by atoms with Gasteiger partial charge < -0.3 is 0 Å². The minimum Gasteiger partial charge on any atom is -0.274 e. The highest BCUT2D eigenvalue weighted by Gasteiger charge is 2.06. The molecule has 70 valence electrons. The first-order valence-electron chi connectivity index (χ1n) is 3.72. The van der Waals surface area contributed by atoms with Crippen molar-refractivity contribution in [1.29, 1.82) is 0 Å². The second-order valence-corrected chi connectivity index (χ2v) is 2.47. The maximum Gasteiger partial charge on any atom is 0.305 e. The highest BCUT2D eigenvalue weighted by Crippen LogP contribution is 2.07. The molecule has 0 saturated heterocycles. The molecular weight excluding hydrogens is 186 g/mol. The second-order valence-electron chi connectivity index (χ2n) is 2.47. The fraction of sp³-hybridized carbons (Fsp3) is 0. The van der Waals surface area contributed by atoms with Gasteiger partial charge in [-0.15, -0.1) is 0 Å². The highest BCUT2D eigenvalue weighted by atomic mass is 16.6. The van der Waals surface area contributed by atoms with Gasteiger partial charge in [0.1, 0.15) is 18.7 Å². The molecule has 0 unspecified atom stereocenters. The van der Waals surface area contributed by atoms with Crippen LogP contribution in [0.25, 0.3) is 5.95 Å². The lowest BCUT2D eigenvalue weighted by Gasteiger charge is -1.97. The molecule has 0 fully saturated rings. The molecule has 0 N–H and O–H groups in total. The fourth-order valence-electron chi connectivity index (χ4n) is 0.919. The molecule has 2 aromatic rings. The molecule has 0 aliphatic carbocycles. The molecule has 0 aliphatic rings. The molecule has 0 spiro atoms. The van der Waals surface area contributed by atoms with Crippen LogP contribution in [0, 0.1) is 10.1 Å². The summed E-state index contributed by atoms with van der Waals surface area (Å²) in [6, 6.07) is 0. The summed E-state index contributed by atoms with van der Waals surface area (Å²) in [7, 11) is 0. The summed E-state index contributed by atoms with van der Waals surface area (Å²) in [5, 5.41) is 10.3. The molecule has 0 radical (unpaired) electrons. The van der Waals surface area contributed by atoms with E-state index in [9.17, 15) is 10.1 Å². The monoisotopic (exact) mass is 191 g/mol. The standard InChI is InChI=1S/C7H5N5O2/c13-12(14)6-3-9-7(10-4-6)11-2-1-8-5-11/h1-5H. The third-order valence-corrected chi connectivity index (χ3v) is 1.57. The fourth-order valence-corrected chi connectivity index (χ4v) is 0.919. The zero-order chi connectivity index (χ0) is 9.97. The van der Waals surface area contributed by atoms with Crippen molar-refractivity contribution < 1.29 is 4.92 Å². The molecule has 0 aliphatic heterocycles. The summed E-state index contributed by atoms with van der Waals surface area (Å²) < 4.78 is 1.56. The van der Waals surface area contributed by atoms with E-state index in [0.29, 0.717) is 5.95 Å². The predicted octanol–water partition coefficient (Wildman–Crippen LogP) is 0.570. The van der Waals surface area contributed by atoms with Crippen molar-refractivity contribution in [1.82, 2.24) is 19.5 Å². The molecule has 7 heteroatoms. The van der Waals surface area contributed by atoms with Crippen molar-refractivity contribution in [3.8, 4) is 5.95 Å². The lowest BCUT2D eigenvalue weighted by atomic mass is 10.5. The van der Waals surface area contributed by atoms with Crippen molar-refractivity contribution in [3.63, 3.8) is 0 Å². The van der Waals surface area contributed by atoms with Crippen LogP contribution in [-0.4, -0.2) is 24.4 Å². The van der Waals surface area contributed by atoms with Crippen LogP contribution in [0.1, 0.15) is 0 Å². The normalized spacial score (nSPS) is 10.0. The number of nitro groups is 1. The van der Waals surface area contributed by atoms with Crippen molar-refractivity contribution in [2.75, 3.05) is 0 Å². The summed E-state index contributed by atoms with van der Waals surface area (Å²) in [4.78, 5) is 21.2. The second kappa shape index (κ2) is 3.21. The number of nitrogens with zero attached hydrogens (tertiary/aromatic N) is 5. The maximum absolute atomic E-state index is 10.3. The van der Waals surface area contributed by atoms with Crippen LogP contribution in [0.2, 0.25) is 0 Å². The summed E-state index contributed by atoms with van der Waals surface area (Å²) >= 11 is 0. The van der Waals surface area contributed by atoms with Gasteiger partial charge in [-0.3, -0.25) is 14.7 Å². The third-order valence-electron chi connectivity index (χ3n) is 1.57. The molecule has 0 amide bonds. The van der Waals surface area contributed by atoms with Crippen LogP contribution < -0.4 is 0 Å². The summed E-state index contributed by atoms with van der Waals surface area (Å²) in [6.07, 6.45) is 7.05. The largest absolute Gasteiger partial charge is 0.305 e. The molecule has 7 nitrogen and oxygen atoms in total. The lowest BCUT2D eigenvalue weighted by Crippen LogP contribution is -1.99. The lowest BCUT2D eigenvalue weighted by molar-refractivity contribution is -0.385. The van der Waals surface area contributed by atoms with E-state index in [4.69, 9.17) is 0 Å². The Balaban J connectivity index is 2.36. The SMILES string of the molecule is O=[N+]([O-])c1cnc(-n2ccnc2)nc1. The smallest absolute Gasteiger partial charge is 0.274 e. The topological polar surface area (TPSA) is 86.7 Å². The van der Waals surface area contributed by atoms with Gasteiger partial charge in [-0.25, -0.2) is 15.0 Å². The molecule has 14 heavy (non-hydrogen) atoms. The van der Waals surface area contributed by atoms with Gasteiger partial charge in [-0.2, -0.15) is 0 Å². The maximum atomic E-state index is 10.3. The van der Waals surface area contributed by atoms with Crippen LogP contribution in [0.4, 0.5) is 5.69 Å². The first-order valence-corrected chi connectivity index (χ1v) is 3.72. The first kappa shape index (κ1) is 8.30. The predicted molar refractivity (Wildman–Crippen MR) is 45.8 cm³/mol. The van der Waals surface area contributed by atoms with Crippen LogP contribution in [0.5, 0.6) is 0 Å². The summed E-state index contributed by atoms with van der Waals surface area (Å²) in [5.74, 6) is 0.355. The third kappa shape index (κ3) is 1.42. The Morgan fingerprint density at radius 2 is 2.07 bits per heavy atom. The van der Waals surface area contributed by atoms with Crippen LogP contribution in [0.3, 0.4) is 0 Å². The molecule has 0 atom stereocenters. The van der Waals surface area contributed by atoms with Gasteiger partial charge in [0.05, 0.1) is 4.92 Å². The van der Waals surface area contributed by atoms with Crippen LogP contribution >= 0.6 is 0 Å². The van der Waals surface area contributed by atoms with Crippen LogP contribution in [-0.2, 0) is 0 Å². The first-order chi connectivity index (χ1) is 6.77. The van der Waals surface area contributed by atoms with Crippen molar-refractivity contribution in [2.45, 2.75) is 0 Å². The number of aromatic nitrogens is 4. The zero-order valence-corrected chi connectivity index (χ0v) is 6.94. The average molecular weight is 191 g/mol. The zero-order valence-electron chi connectivity index (χ0n) is 6.94. The van der Waals surface area contributed by atoms with Crippen LogP contribution in [0.15, 0.2) is 31.1 Å². The Morgan fingerprint density at radius 1 is 1.36 bits per heavy atom. The van der Waals surface area contributed by atoms with E-state index in [1.165, 1.54) is 6.33 Å². The van der Waals surface area contributed by atoms with Gasteiger partial charge in [0, 0.05) is 12.4 Å². The van der Waals surface area contributed by atoms with E-state index < -0.39 is 4.92 Å². The number of imidazole rings is 1. The van der Waals surface area contributed by atoms with Crippen molar-refractivity contribution in [3.05, 3.63) is 41.2 Å². The van der Waals surface area contributed by atoms with Crippen molar-refractivity contribution in [2.24, 2.45) is 0 Å². The van der Waals surface area contributed by atoms with Gasteiger partial charge in [-0.05, 0) is 0 Å². The van der Waals surface area contributed by atoms with E-state index >= 15 is 0 Å². The quantitative estimate of drug-likeness (QED) is 0.511. The molecular formula is C7H5N5O2. The Morgan fingerprint density at radius 3 is 2.57 bits per heavy atom. The Labute approximate surface area is 78.2 Å². The summed E-state index contributed by atoms with van der Waals surface area (Å²) in [5.41, 5.74) is -0.131. The minimum atomic E-state index is -0.544. The molecule has 2 rings (SSSR count). The molecule has 0 aromatic carbocycles. The van der Waals surface area contributed by atoms with E-state index in [2.05, 4.69) is 15.0 Å². The number of hydrogen-bond donors (Lipinski definition) is 0. The Bertz CT molecular complexity index is 436. The van der Waals surface area contributed by atoms with E-state index in [1.807, 2.05) is 0 Å². The Hall–Kier alpha value is -2.31. The van der Waals surface area contributed by atoms with Gasteiger partial charge >= 0.3 is 5.69 Å². The number of hydrogen-bond acceptors (Lipinski definition) is 5. The van der Waals surface area contributed by atoms with E-state index in [1.54, 1.807) is 17.0 Å². The molecule has 0 bridgehead atoms. The Kier molecular flexibility index (Phi) is 1.90. The summed E-state index contributed by atoms with van der Waals surface area (Å²) in [6.45, 7) is 0. The van der Waals surface area contributed by atoms with E-state index in [0.717, 1.165) is 12.4 Å². The van der Waals surface area contributed by atoms with Crippen molar-refractivity contribution >= 4 is 5.69 Å². The van der Waals surface area contributed by atoms with Gasteiger partial charge in [-0.1, -0.05) is 0 Å². The molecule has 0 saturated carbocycles. The van der Waals surface area contributed by atoms with E-state index in [-0.39, 0.29) is 5.69 Å². The molecule has 2 heterocycles. The number of rotatable bonds is 2. The van der Waals surface area contributed by atoms with Gasteiger partial charge in [0.25, 0.3) is 0 Å². The minimum absolute atomic E-state index is 0.131. The average Bonchev–Trinajstić information content (AvgIpc) is 2.71.